The van der Waals surface area contributed by atoms with Crippen LogP contribution in [0.1, 0.15) is 42.5 Å². The van der Waals surface area contributed by atoms with Crippen molar-refractivity contribution in [1.82, 2.24) is 15.3 Å². The molecule has 26 heavy (non-hydrogen) atoms. The summed E-state index contributed by atoms with van der Waals surface area (Å²) in [5, 5.41) is 3.07. The standard InChI is InChI=1S/C21H26N4O/c26-20(22-14-16-7-3-1-4-8-16)17-9-10-19-18(13-17)15-23-21(24-19)25-11-5-2-6-12-25/h1,3-4,7-8,15,17H,2,5-6,9-14H2,(H,22,26)/t17-/m1/s1. The molecular formula is C21H26N4O. The number of aryl methyl sites for hydroxylation is 1. The van der Waals surface area contributed by atoms with Crippen molar-refractivity contribution in [2.45, 2.75) is 45.1 Å². The third-order valence-electron chi connectivity index (χ3n) is 5.46. The number of rotatable bonds is 4. The largest absolute Gasteiger partial charge is 0.352 e. The maximum absolute atomic E-state index is 12.5. The summed E-state index contributed by atoms with van der Waals surface area (Å²) in [4.78, 5) is 24.2. The van der Waals surface area contributed by atoms with Crippen LogP contribution < -0.4 is 10.2 Å². The normalized spacial score (nSPS) is 19.7. The first kappa shape index (κ1) is 17.0. The van der Waals surface area contributed by atoms with Gasteiger partial charge in [0.1, 0.15) is 0 Å². The highest BCUT2D eigenvalue weighted by molar-refractivity contribution is 5.79. The van der Waals surface area contributed by atoms with E-state index in [9.17, 15) is 4.79 Å². The summed E-state index contributed by atoms with van der Waals surface area (Å²) in [7, 11) is 0. The minimum atomic E-state index is 0.0237. The molecule has 0 unspecified atom stereocenters. The van der Waals surface area contributed by atoms with Gasteiger partial charge in [0.15, 0.2) is 0 Å². The first-order valence-corrected chi connectivity index (χ1v) is 9.71. The van der Waals surface area contributed by atoms with E-state index in [0.717, 1.165) is 55.1 Å². The third-order valence-corrected chi connectivity index (χ3v) is 5.46. The molecule has 2 aliphatic rings. The summed E-state index contributed by atoms with van der Waals surface area (Å²) >= 11 is 0. The minimum Gasteiger partial charge on any atom is -0.352 e. The van der Waals surface area contributed by atoms with Gasteiger partial charge in [0.2, 0.25) is 11.9 Å². The number of hydrogen-bond acceptors (Lipinski definition) is 4. The lowest BCUT2D eigenvalue weighted by atomic mass is 9.86. The second-order valence-electron chi connectivity index (χ2n) is 7.33. The monoisotopic (exact) mass is 350 g/mol. The Balaban J connectivity index is 1.37. The fraction of sp³-hybridized carbons (Fsp3) is 0.476. The number of amides is 1. The van der Waals surface area contributed by atoms with E-state index in [1.165, 1.54) is 19.3 Å². The lowest BCUT2D eigenvalue weighted by Gasteiger charge is -2.28. The molecule has 0 bridgehead atoms. The van der Waals surface area contributed by atoms with Crippen molar-refractivity contribution < 1.29 is 4.79 Å². The number of hydrogen-bond donors (Lipinski definition) is 1. The molecule has 1 N–H and O–H groups in total. The van der Waals surface area contributed by atoms with E-state index in [1.54, 1.807) is 0 Å². The van der Waals surface area contributed by atoms with Crippen molar-refractivity contribution in [3.8, 4) is 0 Å². The molecule has 1 aromatic carbocycles. The summed E-state index contributed by atoms with van der Waals surface area (Å²) < 4.78 is 0. The predicted octanol–water partition coefficient (Wildman–Crippen LogP) is 2.89. The van der Waals surface area contributed by atoms with Gasteiger partial charge in [0.05, 0.1) is 0 Å². The fourth-order valence-corrected chi connectivity index (χ4v) is 3.90. The first-order valence-electron chi connectivity index (χ1n) is 9.71. The summed E-state index contributed by atoms with van der Waals surface area (Å²) in [5.41, 5.74) is 3.40. The molecule has 1 aliphatic heterocycles. The molecule has 1 atom stereocenters. The summed E-state index contributed by atoms with van der Waals surface area (Å²) in [6, 6.07) is 10.0. The van der Waals surface area contributed by atoms with E-state index in [4.69, 9.17) is 4.98 Å². The van der Waals surface area contributed by atoms with E-state index in [2.05, 4.69) is 15.2 Å². The average molecular weight is 350 g/mol. The van der Waals surface area contributed by atoms with E-state index in [1.807, 2.05) is 36.5 Å². The smallest absolute Gasteiger partial charge is 0.225 e. The van der Waals surface area contributed by atoms with Gasteiger partial charge in [-0.3, -0.25) is 4.79 Å². The number of aromatic nitrogens is 2. The summed E-state index contributed by atoms with van der Waals surface area (Å²) in [5.74, 6) is 1.03. The van der Waals surface area contributed by atoms with E-state index >= 15 is 0 Å². The lowest BCUT2D eigenvalue weighted by molar-refractivity contribution is -0.125. The maximum atomic E-state index is 12.5. The SMILES string of the molecule is O=C(NCc1ccccc1)[C@@H]1CCc2nc(N3CCCCC3)ncc2C1. The number of nitrogens with zero attached hydrogens (tertiary/aromatic N) is 3. The predicted molar refractivity (Wildman–Crippen MR) is 102 cm³/mol. The van der Waals surface area contributed by atoms with Crippen LogP contribution in [0, 0.1) is 5.92 Å². The molecule has 5 nitrogen and oxygen atoms in total. The topological polar surface area (TPSA) is 58.1 Å². The zero-order valence-electron chi connectivity index (χ0n) is 15.2. The Morgan fingerprint density at radius 1 is 1.15 bits per heavy atom. The van der Waals surface area contributed by atoms with Gasteiger partial charge in [-0.15, -0.1) is 0 Å². The molecule has 1 aromatic heterocycles. The second-order valence-corrected chi connectivity index (χ2v) is 7.33. The van der Waals surface area contributed by atoms with Gasteiger partial charge in [0.25, 0.3) is 0 Å². The van der Waals surface area contributed by atoms with Gasteiger partial charge in [0, 0.05) is 37.4 Å². The van der Waals surface area contributed by atoms with Crippen molar-refractivity contribution in [3.05, 3.63) is 53.3 Å². The van der Waals surface area contributed by atoms with Crippen LogP contribution in [-0.4, -0.2) is 29.0 Å². The van der Waals surface area contributed by atoms with E-state index < -0.39 is 0 Å². The zero-order valence-corrected chi connectivity index (χ0v) is 15.2. The molecule has 2 aromatic rings. The molecule has 2 heterocycles. The van der Waals surface area contributed by atoms with Crippen molar-refractivity contribution >= 4 is 11.9 Å². The minimum absolute atomic E-state index is 0.0237. The molecule has 1 saturated heterocycles. The summed E-state index contributed by atoms with van der Waals surface area (Å²) in [6.45, 7) is 2.71. The Kier molecular flexibility index (Phi) is 5.14. The lowest BCUT2D eigenvalue weighted by Crippen LogP contribution is -2.35. The molecule has 1 aliphatic carbocycles. The highest BCUT2D eigenvalue weighted by Gasteiger charge is 2.26. The zero-order chi connectivity index (χ0) is 17.8. The number of nitrogens with one attached hydrogen (secondary N) is 1. The molecule has 5 heteroatoms. The van der Waals surface area contributed by atoms with Crippen molar-refractivity contribution in [2.75, 3.05) is 18.0 Å². The number of fused-ring (bicyclic) bond motifs is 1. The Hall–Kier alpha value is -2.43. The van der Waals surface area contributed by atoms with Gasteiger partial charge in [-0.05, 0) is 49.7 Å². The Labute approximate surface area is 154 Å². The molecule has 1 fully saturated rings. The van der Waals surface area contributed by atoms with Gasteiger partial charge in [-0.2, -0.15) is 0 Å². The molecule has 0 radical (unpaired) electrons. The van der Waals surface area contributed by atoms with Gasteiger partial charge >= 0.3 is 0 Å². The molecule has 1 amide bonds. The fourth-order valence-electron chi connectivity index (χ4n) is 3.90. The van der Waals surface area contributed by atoms with Crippen molar-refractivity contribution in [2.24, 2.45) is 5.92 Å². The average Bonchev–Trinajstić information content (AvgIpc) is 2.72. The van der Waals surface area contributed by atoms with Crippen LogP contribution >= 0.6 is 0 Å². The summed E-state index contributed by atoms with van der Waals surface area (Å²) in [6.07, 6.45) is 8.18. The van der Waals surface area contributed by atoms with Crippen LogP contribution in [0.5, 0.6) is 0 Å². The Morgan fingerprint density at radius 2 is 1.96 bits per heavy atom. The number of carbonyl (C=O) groups excluding carboxylic acids is 1. The van der Waals surface area contributed by atoms with Crippen LogP contribution in [0.4, 0.5) is 5.95 Å². The van der Waals surface area contributed by atoms with Crippen molar-refractivity contribution in [3.63, 3.8) is 0 Å². The Morgan fingerprint density at radius 3 is 2.77 bits per heavy atom. The second kappa shape index (κ2) is 7.85. The molecule has 0 spiro atoms. The highest BCUT2D eigenvalue weighted by atomic mass is 16.1. The molecule has 0 saturated carbocycles. The van der Waals surface area contributed by atoms with Crippen LogP contribution in [0.15, 0.2) is 36.5 Å². The van der Waals surface area contributed by atoms with Crippen molar-refractivity contribution in [1.29, 1.82) is 0 Å². The number of benzene rings is 1. The first-order chi connectivity index (χ1) is 12.8. The van der Waals surface area contributed by atoms with Gasteiger partial charge < -0.3 is 10.2 Å². The van der Waals surface area contributed by atoms with Crippen LogP contribution in [0.25, 0.3) is 0 Å². The maximum Gasteiger partial charge on any atom is 0.225 e. The number of piperidine rings is 1. The third kappa shape index (κ3) is 3.87. The van der Waals surface area contributed by atoms with E-state index in [-0.39, 0.29) is 11.8 Å². The van der Waals surface area contributed by atoms with Crippen LogP contribution in [0.3, 0.4) is 0 Å². The van der Waals surface area contributed by atoms with E-state index in [0.29, 0.717) is 6.54 Å². The van der Waals surface area contributed by atoms with Crippen LogP contribution in [-0.2, 0) is 24.2 Å². The Bertz CT molecular complexity index is 756. The highest BCUT2D eigenvalue weighted by Crippen LogP contribution is 2.26. The van der Waals surface area contributed by atoms with Crippen LogP contribution in [0.2, 0.25) is 0 Å². The van der Waals surface area contributed by atoms with Gasteiger partial charge in [-0.1, -0.05) is 30.3 Å². The molecule has 4 rings (SSSR count). The van der Waals surface area contributed by atoms with Gasteiger partial charge in [-0.25, -0.2) is 9.97 Å². The molecular weight excluding hydrogens is 324 g/mol. The number of anilines is 1. The number of carbonyl (C=O) groups is 1. The molecule has 136 valence electrons. The quantitative estimate of drug-likeness (QED) is 0.921.